The van der Waals surface area contributed by atoms with E-state index in [1.807, 2.05) is 6.92 Å². The third kappa shape index (κ3) is 3.61. The van der Waals surface area contributed by atoms with Gasteiger partial charge in [-0.15, -0.1) is 0 Å². The molecule has 1 heterocycles. The zero-order chi connectivity index (χ0) is 13.0. The Morgan fingerprint density at radius 2 is 2.28 bits per heavy atom. The van der Waals surface area contributed by atoms with E-state index in [4.69, 9.17) is 4.42 Å². The Bertz CT molecular complexity index is 410. The maximum Gasteiger partial charge on any atom is 0.286 e. The first kappa shape index (κ1) is 12.7. The average Bonchev–Trinajstić information content (AvgIpc) is 3.04. The largest absolute Gasteiger partial charge is 0.459 e. The van der Waals surface area contributed by atoms with Gasteiger partial charge in [0, 0.05) is 19.0 Å². The second kappa shape index (κ2) is 5.71. The molecule has 0 bridgehead atoms. The molecule has 0 spiro atoms. The van der Waals surface area contributed by atoms with Crippen LogP contribution < -0.4 is 10.6 Å². The Morgan fingerprint density at radius 3 is 2.89 bits per heavy atom. The van der Waals surface area contributed by atoms with Crippen LogP contribution in [0.4, 0.5) is 0 Å². The lowest BCUT2D eigenvalue weighted by Crippen LogP contribution is -2.36. The van der Waals surface area contributed by atoms with Crippen LogP contribution in [-0.2, 0) is 4.79 Å². The van der Waals surface area contributed by atoms with Gasteiger partial charge in [0.25, 0.3) is 5.91 Å². The number of hydrogen-bond acceptors (Lipinski definition) is 3. The van der Waals surface area contributed by atoms with E-state index in [1.165, 1.54) is 19.1 Å². The number of nitrogens with one attached hydrogen (secondary N) is 2. The smallest absolute Gasteiger partial charge is 0.286 e. The minimum absolute atomic E-state index is 0.0193. The molecule has 5 nitrogen and oxygen atoms in total. The van der Waals surface area contributed by atoms with Gasteiger partial charge in [0.2, 0.25) is 5.91 Å². The minimum atomic E-state index is -0.289. The second-order valence-corrected chi connectivity index (χ2v) is 4.68. The second-order valence-electron chi connectivity index (χ2n) is 4.68. The van der Waals surface area contributed by atoms with Gasteiger partial charge in [-0.1, -0.05) is 0 Å². The highest BCUT2D eigenvalue weighted by atomic mass is 16.3. The van der Waals surface area contributed by atoms with Crippen LogP contribution in [0.25, 0.3) is 0 Å². The lowest BCUT2D eigenvalue weighted by molar-refractivity contribution is -0.121. The van der Waals surface area contributed by atoms with Gasteiger partial charge < -0.3 is 15.1 Å². The van der Waals surface area contributed by atoms with Crippen LogP contribution in [0.5, 0.6) is 0 Å². The fourth-order valence-electron chi connectivity index (χ4n) is 1.82. The molecular weight excluding hydrogens is 232 g/mol. The Labute approximate surface area is 106 Å². The Hall–Kier alpha value is -1.78. The molecule has 1 aliphatic rings. The van der Waals surface area contributed by atoms with Gasteiger partial charge in [-0.25, -0.2) is 0 Å². The monoisotopic (exact) mass is 250 g/mol. The van der Waals surface area contributed by atoms with E-state index < -0.39 is 0 Å². The molecule has 1 atom stereocenters. The standard InChI is InChI=1S/C13H18N2O3/c1-9(10-4-5-10)15-12(16)6-7-14-13(17)11-3-2-8-18-11/h2-3,8-10H,4-7H2,1H3,(H,14,17)(H,15,16). The Kier molecular flexibility index (Phi) is 4.02. The van der Waals surface area contributed by atoms with Crippen molar-refractivity contribution in [1.29, 1.82) is 0 Å². The van der Waals surface area contributed by atoms with Gasteiger partial charge in [-0.2, -0.15) is 0 Å². The fourth-order valence-corrected chi connectivity index (χ4v) is 1.82. The molecule has 1 unspecified atom stereocenters. The zero-order valence-corrected chi connectivity index (χ0v) is 10.4. The van der Waals surface area contributed by atoms with E-state index in [1.54, 1.807) is 12.1 Å². The van der Waals surface area contributed by atoms with E-state index in [9.17, 15) is 9.59 Å². The van der Waals surface area contributed by atoms with Crippen molar-refractivity contribution in [2.24, 2.45) is 5.92 Å². The quantitative estimate of drug-likeness (QED) is 0.799. The van der Waals surface area contributed by atoms with Gasteiger partial charge in [0.1, 0.15) is 0 Å². The van der Waals surface area contributed by atoms with Crippen molar-refractivity contribution in [2.45, 2.75) is 32.2 Å². The molecule has 1 aromatic heterocycles. The predicted molar refractivity (Wildman–Crippen MR) is 66.0 cm³/mol. The molecule has 1 aromatic rings. The molecule has 0 saturated heterocycles. The zero-order valence-electron chi connectivity index (χ0n) is 10.4. The van der Waals surface area contributed by atoms with Crippen molar-refractivity contribution in [3.8, 4) is 0 Å². The van der Waals surface area contributed by atoms with Crippen molar-refractivity contribution in [2.75, 3.05) is 6.54 Å². The molecule has 98 valence electrons. The molecular formula is C13H18N2O3. The normalized spacial score (nSPS) is 16.1. The van der Waals surface area contributed by atoms with Gasteiger partial charge >= 0.3 is 0 Å². The first-order valence-electron chi connectivity index (χ1n) is 6.28. The first-order valence-corrected chi connectivity index (χ1v) is 6.28. The molecule has 0 aliphatic heterocycles. The minimum Gasteiger partial charge on any atom is -0.459 e. The molecule has 2 rings (SSSR count). The lowest BCUT2D eigenvalue weighted by atomic mass is 10.2. The highest BCUT2D eigenvalue weighted by molar-refractivity contribution is 5.91. The molecule has 1 saturated carbocycles. The van der Waals surface area contributed by atoms with Gasteiger partial charge in [-0.05, 0) is 37.8 Å². The SMILES string of the molecule is CC(NC(=O)CCNC(=O)c1ccco1)C1CC1. The molecule has 18 heavy (non-hydrogen) atoms. The van der Waals surface area contributed by atoms with E-state index in [0.717, 1.165) is 0 Å². The van der Waals surface area contributed by atoms with Crippen molar-refractivity contribution in [1.82, 2.24) is 10.6 Å². The number of furan rings is 1. The predicted octanol–water partition coefficient (Wildman–Crippen LogP) is 1.31. The van der Waals surface area contributed by atoms with Crippen molar-refractivity contribution < 1.29 is 14.0 Å². The topological polar surface area (TPSA) is 71.3 Å². The number of hydrogen-bond donors (Lipinski definition) is 2. The van der Waals surface area contributed by atoms with Crippen LogP contribution in [0.3, 0.4) is 0 Å². The molecule has 0 radical (unpaired) electrons. The molecule has 0 aromatic carbocycles. The summed E-state index contributed by atoms with van der Waals surface area (Å²) >= 11 is 0. The maximum atomic E-state index is 11.6. The summed E-state index contributed by atoms with van der Waals surface area (Å²) in [5.74, 6) is 0.602. The molecule has 1 aliphatic carbocycles. The summed E-state index contributed by atoms with van der Waals surface area (Å²) in [6.45, 7) is 2.35. The van der Waals surface area contributed by atoms with Crippen LogP contribution in [0.15, 0.2) is 22.8 Å². The summed E-state index contributed by atoms with van der Waals surface area (Å²) in [7, 11) is 0. The first-order chi connectivity index (χ1) is 8.66. The van der Waals surface area contributed by atoms with E-state index in [-0.39, 0.29) is 23.6 Å². The number of carbonyl (C=O) groups excluding carboxylic acids is 2. The van der Waals surface area contributed by atoms with Crippen molar-refractivity contribution in [3.05, 3.63) is 24.2 Å². The van der Waals surface area contributed by atoms with E-state index in [2.05, 4.69) is 10.6 Å². The van der Waals surface area contributed by atoms with E-state index >= 15 is 0 Å². The maximum absolute atomic E-state index is 11.6. The Morgan fingerprint density at radius 1 is 1.50 bits per heavy atom. The van der Waals surface area contributed by atoms with Crippen LogP contribution in [0, 0.1) is 5.92 Å². The summed E-state index contributed by atoms with van der Waals surface area (Å²) in [5.41, 5.74) is 0. The van der Waals surface area contributed by atoms with Gasteiger partial charge in [0.15, 0.2) is 5.76 Å². The summed E-state index contributed by atoms with van der Waals surface area (Å²) in [4.78, 5) is 23.1. The highest BCUT2D eigenvalue weighted by Gasteiger charge is 2.28. The van der Waals surface area contributed by atoms with Crippen LogP contribution in [-0.4, -0.2) is 24.4 Å². The van der Waals surface area contributed by atoms with Gasteiger partial charge in [-0.3, -0.25) is 9.59 Å². The third-order valence-electron chi connectivity index (χ3n) is 3.10. The summed E-state index contributed by atoms with van der Waals surface area (Å²) in [5, 5.41) is 5.58. The van der Waals surface area contributed by atoms with Crippen LogP contribution in [0.2, 0.25) is 0 Å². The molecule has 2 amide bonds. The van der Waals surface area contributed by atoms with Crippen LogP contribution >= 0.6 is 0 Å². The molecule has 2 N–H and O–H groups in total. The Balaban J connectivity index is 1.62. The lowest BCUT2D eigenvalue weighted by Gasteiger charge is -2.12. The summed E-state index contributed by atoms with van der Waals surface area (Å²) in [6.07, 6.45) is 4.15. The summed E-state index contributed by atoms with van der Waals surface area (Å²) in [6, 6.07) is 3.49. The number of rotatable bonds is 6. The van der Waals surface area contributed by atoms with Crippen molar-refractivity contribution >= 4 is 11.8 Å². The van der Waals surface area contributed by atoms with Crippen LogP contribution in [0.1, 0.15) is 36.7 Å². The molecule has 1 fully saturated rings. The summed E-state index contributed by atoms with van der Waals surface area (Å²) < 4.78 is 4.94. The average molecular weight is 250 g/mol. The van der Waals surface area contributed by atoms with Gasteiger partial charge in [0.05, 0.1) is 6.26 Å². The van der Waals surface area contributed by atoms with E-state index in [0.29, 0.717) is 18.9 Å². The molecule has 5 heteroatoms. The third-order valence-corrected chi connectivity index (χ3v) is 3.10. The fraction of sp³-hybridized carbons (Fsp3) is 0.538. The van der Waals surface area contributed by atoms with Crippen molar-refractivity contribution in [3.63, 3.8) is 0 Å². The number of carbonyl (C=O) groups is 2. The number of amides is 2. The highest BCUT2D eigenvalue weighted by Crippen LogP contribution is 2.32.